The fraction of sp³-hybridized carbons (Fsp3) is 0.421. The van der Waals surface area contributed by atoms with Crippen molar-refractivity contribution in [2.24, 2.45) is 5.92 Å². The highest BCUT2D eigenvalue weighted by Gasteiger charge is 2.25. The van der Waals surface area contributed by atoms with Gasteiger partial charge in [0.1, 0.15) is 0 Å². The van der Waals surface area contributed by atoms with Gasteiger partial charge in [-0.05, 0) is 36.8 Å². The summed E-state index contributed by atoms with van der Waals surface area (Å²) in [6.45, 7) is 2.55. The molecular weight excluding hydrogens is 302 g/mol. The first kappa shape index (κ1) is 16.4. The van der Waals surface area contributed by atoms with Crippen molar-refractivity contribution in [3.63, 3.8) is 0 Å². The van der Waals surface area contributed by atoms with Gasteiger partial charge < -0.3 is 10.6 Å². The largest absolute Gasteiger partial charge is 0.359 e. The smallest absolute Gasteiger partial charge is 0.252 e. The normalized spacial score (nSPS) is 16.5. The Morgan fingerprint density at radius 1 is 1.29 bits per heavy atom. The van der Waals surface area contributed by atoms with Crippen LogP contribution in [0.2, 0.25) is 0 Å². The van der Waals surface area contributed by atoms with E-state index in [0.717, 1.165) is 47.0 Å². The van der Waals surface area contributed by atoms with Gasteiger partial charge in [-0.15, -0.1) is 0 Å². The summed E-state index contributed by atoms with van der Waals surface area (Å²) in [6.07, 6.45) is 3.19. The van der Waals surface area contributed by atoms with Gasteiger partial charge in [0.25, 0.3) is 5.91 Å². The van der Waals surface area contributed by atoms with Crippen molar-refractivity contribution in [1.29, 1.82) is 0 Å². The molecule has 0 bridgehead atoms. The SMILES string of the molecule is CNC(=O)CCNC(=O)c1c2c(nc3ccccc13)CC[C@@H](C)C2. The van der Waals surface area contributed by atoms with Gasteiger partial charge in [-0.1, -0.05) is 25.1 Å². The highest BCUT2D eigenvalue weighted by Crippen LogP contribution is 2.31. The lowest BCUT2D eigenvalue weighted by molar-refractivity contribution is -0.120. The molecule has 0 radical (unpaired) electrons. The van der Waals surface area contributed by atoms with Gasteiger partial charge >= 0.3 is 0 Å². The second-order valence-corrected chi connectivity index (χ2v) is 6.46. The van der Waals surface area contributed by atoms with E-state index in [1.807, 2.05) is 24.3 Å². The van der Waals surface area contributed by atoms with Crippen LogP contribution in [0.4, 0.5) is 0 Å². The zero-order valence-electron chi connectivity index (χ0n) is 14.2. The summed E-state index contributed by atoms with van der Waals surface area (Å²) >= 11 is 0. The lowest BCUT2D eigenvalue weighted by Crippen LogP contribution is -2.31. The fourth-order valence-electron chi connectivity index (χ4n) is 3.32. The molecule has 0 saturated carbocycles. The molecular formula is C19H23N3O2. The molecule has 24 heavy (non-hydrogen) atoms. The van der Waals surface area contributed by atoms with Crippen LogP contribution in [-0.2, 0) is 17.6 Å². The summed E-state index contributed by atoms with van der Waals surface area (Å²) < 4.78 is 0. The standard InChI is InChI=1S/C19H23N3O2/c1-12-7-8-16-14(11-12)18(13-5-3-4-6-15(13)22-16)19(24)21-10-9-17(23)20-2/h3-6,12H,7-11H2,1-2H3,(H,20,23)(H,21,24)/t12-/m1/s1. The van der Waals surface area contributed by atoms with Gasteiger partial charge in [0, 0.05) is 31.1 Å². The molecule has 1 aliphatic rings. The number of aryl methyl sites for hydroxylation is 1. The lowest BCUT2D eigenvalue weighted by Gasteiger charge is -2.24. The van der Waals surface area contributed by atoms with Crippen LogP contribution in [0.1, 0.15) is 41.4 Å². The number of fused-ring (bicyclic) bond motifs is 2. The highest BCUT2D eigenvalue weighted by atomic mass is 16.2. The van der Waals surface area contributed by atoms with E-state index in [1.165, 1.54) is 0 Å². The number of amides is 2. The van der Waals surface area contributed by atoms with Crippen molar-refractivity contribution in [3.05, 3.63) is 41.1 Å². The molecule has 2 N–H and O–H groups in total. The Hall–Kier alpha value is -2.43. The molecule has 0 aliphatic heterocycles. The zero-order chi connectivity index (χ0) is 17.1. The molecule has 3 rings (SSSR count). The van der Waals surface area contributed by atoms with Gasteiger partial charge in [-0.2, -0.15) is 0 Å². The Labute approximate surface area is 141 Å². The van der Waals surface area contributed by atoms with Crippen LogP contribution in [0.15, 0.2) is 24.3 Å². The molecule has 0 spiro atoms. The second-order valence-electron chi connectivity index (χ2n) is 6.46. The van der Waals surface area contributed by atoms with Gasteiger partial charge in [0.05, 0.1) is 11.1 Å². The van der Waals surface area contributed by atoms with E-state index in [9.17, 15) is 9.59 Å². The van der Waals surface area contributed by atoms with E-state index in [2.05, 4.69) is 17.6 Å². The first-order valence-electron chi connectivity index (χ1n) is 8.49. The quantitative estimate of drug-likeness (QED) is 0.905. The maximum atomic E-state index is 12.8. The molecule has 0 unspecified atom stereocenters. The minimum atomic E-state index is -0.108. The molecule has 0 fully saturated rings. The monoisotopic (exact) mass is 325 g/mol. The number of nitrogens with one attached hydrogen (secondary N) is 2. The van der Waals surface area contributed by atoms with Crippen LogP contribution in [0.5, 0.6) is 0 Å². The fourth-order valence-corrected chi connectivity index (χ4v) is 3.32. The third-order valence-corrected chi connectivity index (χ3v) is 4.65. The first-order chi connectivity index (χ1) is 11.6. The lowest BCUT2D eigenvalue weighted by atomic mass is 9.84. The number of aromatic nitrogens is 1. The molecule has 2 amide bonds. The Bertz CT molecular complexity index is 786. The topological polar surface area (TPSA) is 71.1 Å². The number of para-hydroxylation sites is 1. The molecule has 1 aliphatic carbocycles. The van der Waals surface area contributed by atoms with Gasteiger partial charge in [0.15, 0.2) is 0 Å². The summed E-state index contributed by atoms with van der Waals surface area (Å²) in [5.74, 6) is 0.367. The van der Waals surface area contributed by atoms with E-state index < -0.39 is 0 Å². The minimum Gasteiger partial charge on any atom is -0.359 e. The number of hydrogen-bond donors (Lipinski definition) is 2. The third-order valence-electron chi connectivity index (χ3n) is 4.65. The van der Waals surface area contributed by atoms with E-state index in [-0.39, 0.29) is 18.2 Å². The number of rotatable bonds is 4. The van der Waals surface area contributed by atoms with Crippen LogP contribution < -0.4 is 10.6 Å². The summed E-state index contributed by atoms with van der Waals surface area (Å²) in [5, 5.41) is 6.35. The van der Waals surface area contributed by atoms with Crippen molar-refractivity contribution < 1.29 is 9.59 Å². The van der Waals surface area contributed by atoms with Crippen molar-refractivity contribution in [3.8, 4) is 0 Å². The molecule has 5 nitrogen and oxygen atoms in total. The Kier molecular flexibility index (Phi) is 4.79. The maximum Gasteiger partial charge on any atom is 0.252 e. The summed E-state index contributed by atoms with van der Waals surface area (Å²) in [6, 6.07) is 7.79. The summed E-state index contributed by atoms with van der Waals surface area (Å²) in [5.41, 5.74) is 3.72. The number of hydrogen-bond acceptors (Lipinski definition) is 3. The first-order valence-corrected chi connectivity index (χ1v) is 8.49. The Morgan fingerprint density at radius 3 is 2.88 bits per heavy atom. The molecule has 1 aromatic heterocycles. The number of nitrogens with zero attached hydrogens (tertiary/aromatic N) is 1. The number of carbonyl (C=O) groups excluding carboxylic acids is 2. The van der Waals surface area contributed by atoms with E-state index in [1.54, 1.807) is 7.05 Å². The van der Waals surface area contributed by atoms with Crippen molar-refractivity contribution in [2.75, 3.05) is 13.6 Å². The van der Waals surface area contributed by atoms with E-state index >= 15 is 0 Å². The second kappa shape index (κ2) is 6.99. The molecule has 126 valence electrons. The van der Waals surface area contributed by atoms with Crippen LogP contribution in [0, 0.1) is 5.92 Å². The van der Waals surface area contributed by atoms with Crippen molar-refractivity contribution in [2.45, 2.75) is 32.6 Å². The molecule has 1 heterocycles. The van der Waals surface area contributed by atoms with E-state index in [4.69, 9.17) is 4.98 Å². The summed E-state index contributed by atoms with van der Waals surface area (Å²) in [4.78, 5) is 29.0. The summed E-state index contributed by atoms with van der Waals surface area (Å²) in [7, 11) is 1.60. The average molecular weight is 325 g/mol. The average Bonchev–Trinajstić information content (AvgIpc) is 2.59. The Balaban J connectivity index is 1.97. The van der Waals surface area contributed by atoms with Gasteiger partial charge in [0.2, 0.25) is 5.91 Å². The van der Waals surface area contributed by atoms with E-state index in [0.29, 0.717) is 12.5 Å². The predicted molar refractivity (Wildman–Crippen MR) is 93.9 cm³/mol. The Morgan fingerprint density at radius 2 is 2.08 bits per heavy atom. The van der Waals surface area contributed by atoms with Crippen LogP contribution in [0.3, 0.4) is 0 Å². The minimum absolute atomic E-state index is 0.0782. The number of benzene rings is 1. The molecule has 5 heteroatoms. The molecule has 2 aromatic rings. The molecule has 1 atom stereocenters. The van der Waals surface area contributed by atoms with Crippen molar-refractivity contribution in [1.82, 2.24) is 15.6 Å². The van der Waals surface area contributed by atoms with Crippen LogP contribution in [0.25, 0.3) is 10.9 Å². The maximum absolute atomic E-state index is 12.8. The third kappa shape index (κ3) is 3.25. The molecule has 1 aromatic carbocycles. The zero-order valence-corrected chi connectivity index (χ0v) is 14.2. The molecule has 0 saturated heterocycles. The highest BCUT2D eigenvalue weighted by molar-refractivity contribution is 6.07. The number of carbonyl (C=O) groups is 2. The van der Waals surface area contributed by atoms with Crippen molar-refractivity contribution >= 4 is 22.7 Å². The van der Waals surface area contributed by atoms with Gasteiger partial charge in [-0.3, -0.25) is 14.6 Å². The van der Waals surface area contributed by atoms with Gasteiger partial charge in [-0.25, -0.2) is 0 Å². The number of pyridine rings is 1. The van der Waals surface area contributed by atoms with Crippen LogP contribution in [-0.4, -0.2) is 30.4 Å². The van der Waals surface area contributed by atoms with Crippen LogP contribution >= 0.6 is 0 Å². The predicted octanol–water partition coefficient (Wildman–Crippen LogP) is 2.23.